The highest BCUT2D eigenvalue weighted by molar-refractivity contribution is 7.99. The van der Waals surface area contributed by atoms with Gasteiger partial charge < -0.3 is 5.73 Å². The van der Waals surface area contributed by atoms with Gasteiger partial charge >= 0.3 is 0 Å². The maximum Gasteiger partial charge on any atom is 0.141 e. The molecule has 1 atom stereocenters. The Morgan fingerprint density at radius 1 is 1.15 bits per heavy atom. The van der Waals surface area contributed by atoms with Crippen molar-refractivity contribution in [3.8, 4) is 0 Å². The van der Waals surface area contributed by atoms with Crippen LogP contribution in [0.2, 0.25) is 5.02 Å². The molecule has 20 heavy (non-hydrogen) atoms. The fourth-order valence-corrected chi connectivity index (χ4v) is 2.89. The van der Waals surface area contributed by atoms with Crippen molar-refractivity contribution in [2.45, 2.75) is 17.4 Å². The molecule has 0 saturated heterocycles. The molecule has 0 aliphatic rings. The monoisotopic (exact) mass is 313 g/mol. The van der Waals surface area contributed by atoms with E-state index in [-0.39, 0.29) is 16.9 Å². The molecule has 106 valence electrons. The summed E-state index contributed by atoms with van der Waals surface area (Å²) in [5.41, 5.74) is 6.92. The molecule has 0 bridgehead atoms. The zero-order valence-electron chi connectivity index (χ0n) is 10.7. The molecule has 0 radical (unpaired) electrons. The van der Waals surface area contributed by atoms with Crippen LogP contribution in [0.1, 0.15) is 5.56 Å². The van der Waals surface area contributed by atoms with Crippen molar-refractivity contribution in [2.75, 3.05) is 5.75 Å². The lowest BCUT2D eigenvalue weighted by Gasteiger charge is -2.12. The van der Waals surface area contributed by atoms with Crippen LogP contribution in [-0.4, -0.2) is 11.8 Å². The third kappa shape index (κ3) is 4.47. The lowest BCUT2D eigenvalue weighted by Crippen LogP contribution is -2.25. The van der Waals surface area contributed by atoms with Crippen molar-refractivity contribution < 1.29 is 8.78 Å². The third-order valence-corrected chi connectivity index (χ3v) is 4.21. The van der Waals surface area contributed by atoms with Crippen molar-refractivity contribution in [3.63, 3.8) is 0 Å². The number of halogens is 3. The summed E-state index contributed by atoms with van der Waals surface area (Å²) in [5, 5.41) is 0.104. The minimum atomic E-state index is -0.432. The SMILES string of the molecule is NC(CSc1cccc(F)c1)Cc1ccc(F)c(Cl)c1. The molecule has 1 unspecified atom stereocenters. The molecule has 0 saturated carbocycles. The van der Waals surface area contributed by atoms with Gasteiger partial charge in [0, 0.05) is 16.7 Å². The Morgan fingerprint density at radius 3 is 2.65 bits per heavy atom. The summed E-state index contributed by atoms with van der Waals surface area (Å²) in [5.74, 6) is -0.0367. The van der Waals surface area contributed by atoms with Crippen molar-refractivity contribution in [1.29, 1.82) is 0 Å². The number of rotatable bonds is 5. The summed E-state index contributed by atoms with van der Waals surface area (Å²) in [6, 6.07) is 10.9. The zero-order valence-corrected chi connectivity index (χ0v) is 12.2. The fraction of sp³-hybridized carbons (Fsp3) is 0.200. The summed E-state index contributed by atoms with van der Waals surface area (Å²) in [6.45, 7) is 0. The highest BCUT2D eigenvalue weighted by Crippen LogP contribution is 2.21. The highest BCUT2D eigenvalue weighted by Gasteiger charge is 2.08. The van der Waals surface area contributed by atoms with Gasteiger partial charge in [0.1, 0.15) is 11.6 Å². The second-order valence-corrected chi connectivity index (χ2v) is 5.98. The standard InChI is InChI=1S/C15H14ClF2NS/c16-14-7-10(4-5-15(14)18)6-12(19)9-20-13-3-1-2-11(17)8-13/h1-5,7-8,12H,6,9,19H2. The summed E-state index contributed by atoms with van der Waals surface area (Å²) >= 11 is 7.22. The Hall–Kier alpha value is -1.10. The first-order chi connectivity index (χ1) is 9.54. The molecule has 0 fully saturated rings. The average molecular weight is 314 g/mol. The molecule has 2 aromatic carbocycles. The van der Waals surface area contributed by atoms with Crippen molar-refractivity contribution >= 4 is 23.4 Å². The second-order valence-electron chi connectivity index (χ2n) is 4.48. The normalized spacial score (nSPS) is 12.4. The Kier molecular flexibility index (Phi) is 5.40. The fourth-order valence-electron chi connectivity index (χ4n) is 1.79. The van der Waals surface area contributed by atoms with E-state index in [2.05, 4.69) is 0 Å². The molecule has 2 aromatic rings. The number of benzene rings is 2. The number of hydrogen-bond donors (Lipinski definition) is 1. The van der Waals surface area contributed by atoms with Crippen LogP contribution in [0.3, 0.4) is 0 Å². The Labute approximate surface area is 126 Å². The average Bonchev–Trinajstić information content (AvgIpc) is 2.41. The van der Waals surface area contributed by atoms with E-state index in [1.54, 1.807) is 18.2 Å². The maximum atomic E-state index is 13.0. The van der Waals surface area contributed by atoms with Gasteiger partial charge in [-0.1, -0.05) is 23.7 Å². The summed E-state index contributed by atoms with van der Waals surface area (Å²) in [7, 11) is 0. The maximum absolute atomic E-state index is 13.0. The molecular weight excluding hydrogens is 300 g/mol. The molecule has 0 aliphatic carbocycles. The van der Waals surface area contributed by atoms with E-state index in [0.29, 0.717) is 12.2 Å². The van der Waals surface area contributed by atoms with E-state index in [9.17, 15) is 8.78 Å². The number of thioether (sulfide) groups is 1. The van der Waals surface area contributed by atoms with E-state index in [4.69, 9.17) is 17.3 Å². The Morgan fingerprint density at radius 2 is 1.95 bits per heavy atom. The minimum absolute atomic E-state index is 0.104. The molecule has 0 heterocycles. The van der Waals surface area contributed by atoms with E-state index in [1.807, 2.05) is 6.07 Å². The predicted molar refractivity (Wildman–Crippen MR) is 80.2 cm³/mol. The largest absolute Gasteiger partial charge is 0.327 e. The molecule has 1 nitrogen and oxygen atoms in total. The predicted octanol–water partition coefficient (Wildman–Crippen LogP) is 4.28. The van der Waals surface area contributed by atoms with Gasteiger partial charge in [0.15, 0.2) is 0 Å². The van der Waals surface area contributed by atoms with Crippen molar-refractivity contribution in [3.05, 3.63) is 64.7 Å². The molecule has 5 heteroatoms. The molecule has 2 N–H and O–H groups in total. The van der Waals surface area contributed by atoms with Crippen LogP contribution in [0.25, 0.3) is 0 Å². The number of nitrogens with two attached hydrogens (primary N) is 1. The molecule has 0 aromatic heterocycles. The molecule has 0 spiro atoms. The molecule has 2 rings (SSSR count). The lowest BCUT2D eigenvalue weighted by atomic mass is 10.1. The Balaban J connectivity index is 1.89. The van der Waals surface area contributed by atoms with Gasteiger partial charge in [-0.2, -0.15) is 0 Å². The molecular formula is C15H14ClF2NS. The van der Waals surface area contributed by atoms with Crippen LogP contribution >= 0.6 is 23.4 Å². The first kappa shape index (κ1) is 15.3. The Bertz CT molecular complexity index is 592. The highest BCUT2D eigenvalue weighted by atomic mass is 35.5. The molecule has 0 amide bonds. The number of hydrogen-bond acceptors (Lipinski definition) is 2. The zero-order chi connectivity index (χ0) is 14.5. The minimum Gasteiger partial charge on any atom is -0.327 e. The van der Waals surface area contributed by atoms with E-state index >= 15 is 0 Å². The summed E-state index contributed by atoms with van der Waals surface area (Å²) < 4.78 is 26.1. The van der Waals surface area contributed by atoms with Gasteiger partial charge in [-0.3, -0.25) is 0 Å². The third-order valence-electron chi connectivity index (χ3n) is 2.74. The van der Waals surface area contributed by atoms with Crippen LogP contribution in [0.5, 0.6) is 0 Å². The van der Waals surface area contributed by atoms with Crippen molar-refractivity contribution in [1.82, 2.24) is 0 Å². The van der Waals surface area contributed by atoms with Crippen LogP contribution < -0.4 is 5.73 Å². The first-order valence-corrected chi connectivity index (χ1v) is 7.49. The van der Waals surface area contributed by atoms with E-state index < -0.39 is 5.82 Å². The molecule has 0 aliphatic heterocycles. The topological polar surface area (TPSA) is 26.0 Å². The summed E-state index contributed by atoms with van der Waals surface area (Å²) in [4.78, 5) is 0.845. The van der Waals surface area contributed by atoms with Gasteiger partial charge in [0.25, 0.3) is 0 Å². The van der Waals surface area contributed by atoms with E-state index in [0.717, 1.165) is 10.5 Å². The smallest absolute Gasteiger partial charge is 0.141 e. The van der Waals surface area contributed by atoms with Gasteiger partial charge in [0.05, 0.1) is 5.02 Å². The first-order valence-electron chi connectivity index (χ1n) is 6.12. The van der Waals surface area contributed by atoms with Gasteiger partial charge in [-0.25, -0.2) is 8.78 Å². The van der Waals surface area contributed by atoms with Crippen LogP contribution in [0.4, 0.5) is 8.78 Å². The van der Waals surface area contributed by atoms with Gasteiger partial charge in [0.2, 0.25) is 0 Å². The lowest BCUT2D eigenvalue weighted by molar-refractivity contribution is 0.624. The van der Waals surface area contributed by atoms with Crippen LogP contribution in [-0.2, 0) is 6.42 Å². The van der Waals surface area contributed by atoms with E-state index in [1.165, 1.54) is 30.0 Å². The quantitative estimate of drug-likeness (QED) is 0.834. The van der Waals surface area contributed by atoms with Gasteiger partial charge in [-0.15, -0.1) is 11.8 Å². The van der Waals surface area contributed by atoms with Crippen molar-refractivity contribution in [2.24, 2.45) is 5.73 Å². The van der Waals surface area contributed by atoms with Gasteiger partial charge in [-0.05, 0) is 42.3 Å². The second kappa shape index (κ2) is 7.07. The van der Waals surface area contributed by atoms with Crippen LogP contribution in [0.15, 0.2) is 47.4 Å². The summed E-state index contributed by atoms with van der Waals surface area (Å²) in [6.07, 6.45) is 0.600. The van der Waals surface area contributed by atoms with Crippen LogP contribution in [0, 0.1) is 11.6 Å².